The molecule has 0 bridgehead atoms. The molecule has 0 aliphatic carbocycles. The molecule has 1 aliphatic heterocycles. The molecule has 1 heterocycles. The molecule has 1 aliphatic rings. The number of benzene rings is 1. The Morgan fingerprint density at radius 3 is 2.56 bits per heavy atom. The quantitative estimate of drug-likeness (QED) is 0.811. The second kappa shape index (κ2) is 4.34. The Morgan fingerprint density at radius 1 is 1.25 bits per heavy atom. The van der Waals surface area contributed by atoms with Crippen LogP contribution >= 0.6 is 11.8 Å². The van der Waals surface area contributed by atoms with Gasteiger partial charge in [-0.05, 0) is 24.6 Å². The molecule has 0 saturated carbocycles. The van der Waals surface area contributed by atoms with Gasteiger partial charge in [-0.3, -0.25) is 0 Å². The van der Waals surface area contributed by atoms with E-state index < -0.39 is 11.6 Å². The van der Waals surface area contributed by atoms with Gasteiger partial charge >= 0.3 is 0 Å². The molecule has 1 N–H and O–H groups in total. The highest BCUT2D eigenvalue weighted by Gasteiger charge is 2.33. The molecule has 1 aromatic carbocycles. The largest absolute Gasteiger partial charge is 0.313 e. The van der Waals surface area contributed by atoms with Crippen molar-refractivity contribution in [3.8, 4) is 0 Å². The molecule has 3 unspecified atom stereocenters. The Bertz CT molecular complexity index is 408. The summed E-state index contributed by atoms with van der Waals surface area (Å²) in [5.74, 6) is -0.596. The van der Waals surface area contributed by atoms with E-state index in [1.807, 2.05) is 7.05 Å². The van der Waals surface area contributed by atoms with Gasteiger partial charge in [0.15, 0.2) is 0 Å². The van der Waals surface area contributed by atoms with Crippen molar-refractivity contribution < 1.29 is 8.78 Å². The van der Waals surface area contributed by atoms with E-state index in [0.717, 1.165) is 11.6 Å². The van der Waals surface area contributed by atoms with Crippen LogP contribution in [0.2, 0.25) is 0 Å². The molecule has 3 atom stereocenters. The molecule has 4 heteroatoms. The summed E-state index contributed by atoms with van der Waals surface area (Å²) >= 11 is 1.49. The van der Waals surface area contributed by atoms with Gasteiger partial charge in [-0.2, -0.15) is 0 Å². The summed E-state index contributed by atoms with van der Waals surface area (Å²) in [6.45, 7) is 4.18. The summed E-state index contributed by atoms with van der Waals surface area (Å²) in [6, 6.07) is 2.42. The normalized spacial score (nSPS) is 28.9. The second-order valence-electron chi connectivity index (χ2n) is 4.25. The lowest BCUT2D eigenvalue weighted by Crippen LogP contribution is -2.33. The smallest absolute Gasteiger partial charge is 0.140 e. The van der Waals surface area contributed by atoms with E-state index in [1.165, 1.54) is 17.8 Å². The van der Waals surface area contributed by atoms with Crippen molar-refractivity contribution in [2.45, 2.75) is 30.0 Å². The maximum atomic E-state index is 13.7. The monoisotopic (exact) mass is 243 g/mol. The third-order valence-corrected chi connectivity index (χ3v) is 4.72. The average Bonchev–Trinajstić information content (AvgIpc) is 2.22. The van der Waals surface area contributed by atoms with E-state index in [1.54, 1.807) is 0 Å². The van der Waals surface area contributed by atoms with Crippen molar-refractivity contribution in [2.75, 3.05) is 7.05 Å². The fourth-order valence-corrected chi connectivity index (χ4v) is 3.44. The number of hydrogen-bond acceptors (Lipinski definition) is 2. The first kappa shape index (κ1) is 11.9. The number of halogens is 2. The Morgan fingerprint density at radius 2 is 1.94 bits per heavy atom. The highest BCUT2D eigenvalue weighted by atomic mass is 32.2. The van der Waals surface area contributed by atoms with Gasteiger partial charge in [-0.25, -0.2) is 8.78 Å². The fourth-order valence-electron chi connectivity index (χ4n) is 2.20. The zero-order valence-corrected chi connectivity index (χ0v) is 10.4. The molecule has 2 rings (SSSR count). The number of rotatable bonds is 1. The molecule has 0 aromatic heterocycles. The zero-order chi connectivity index (χ0) is 11.9. The van der Waals surface area contributed by atoms with Crippen LogP contribution in [0.15, 0.2) is 17.0 Å². The van der Waals surface area contributed by atoms with Crippen molar-refractivity contribution in [3.05, 3.63) is 29.3 Å². The zero-order valence-electron chi connectivity index (χ0n) is 9.55. The van der Waals surface area contributed by atoms with Gasteiger partial charge < -0.3 is 5.32 Å². The standard InChI is InChI=1S/C12H15F2NS/c1-6-7(2)16-12-9(11(6)15-3)4-8(13)5-10(12)14/h4-7,11,15H,1-3H3. The molecule has 0 amide bonds. The summed E-state index contributed by atoms with van der Waals surface area (Å²) in [5, 5.41) is 3.47. The Balaban J connectivity index is 2.55. The summed E-state index contributed by atoms with van der Waals surface area (Å²) in [7, 11) is 1.83. The number of hydrogen-bond donors (Lipinski definition) is 1. The lowest BCUT2D eigenvalue weighted by Gasteiger charge is -2.35. The van der Waals surface area contributed by atoms with Gasteiger partial charge in [0.25, 0.3) is 0 Å². The van der Waals surface area contributed by atoms with E-state index in [2.05, 4.69) is 19.2 Å². The van der Waals surface area contributed by atoms with Crippen molar-refractivity contribution in [1.82, 2.24) is 5.32 Å². The average molecular weight is 243 g/mol. The van der Waals surface area contributed by atoms with Crippen LogP contribution in [0.4, 0.5) is 8.78 Å². The summed E-state index contributed by atoms with van der Waals surface area (Å²) in [5.41, 5.74) is 0.746. The number of nitrogens with one attached hydrogen (secondary N) is 1. The molecule has 16 heavy (non-hydrogen) atoms. The highest BCUT2D eigenvalue weighted by Crippen LogP contribution is 2.45. The van der Waals surface area contributed by atoms with Gasteiger partial charge in [-0.1, -0.05) is 13.8 Å². The molecular weight excluding hydrogens is 228 g/mol. The Labute approximate surface area is 98.6 Å². The molecule has 0 saturated heterocycles. The van der Waals surface area contributed by atoms with E-state index in [4.69, 9.17) is 0 Å². The lowest BCUT2D eigenvalue weighted by molar-refractivity contribution is 0.388. The maximum Gasteiger partial charge on any atom is 0.140 e. The molecule has 1 aromatic rings. The molecule has 0 radical (unpaired) electrons. The van der Waals surface area contributed by atoms with E-state index in [0.29, 0.717) is 16.1 Å². The molecule has 1 nitrogen and oxygen atoms in total. The second-order valence-corrected chi connectivity index (χ2v) is 5.64. The van der Waals surface area contributed by atoms with Crippen LogP contribution in [0.3, 0.4) is 0 Å². The van der Waals surface area contributed by atoms with Crippen LogP contribution < -0.4 is 5.32 Å². The first-order chi connectivity index (χ1) is 7.54. The highest BCUT2D eigenvalue weighted by molar-refractivity contribution is 8.00. The van der Waals surface area contributed by atoms with Crippen LogP contribution in [-0.2, 0) is 0 Å². The maximum absolute atomic E-state index is 13.7. The summed E-state index contributed by atoms with van der Waals surface area (Å²) < 4.78 is 26.9. The minimum absolute atomic E-state index is 0.0245. The minimum Gasteiger partial charge on any atom is -0.313 e. The van der Waals surface area contributed by atoms with Crippen LogP contribution in [0.25, 0.3) is 0 Å². The van der Waals surface area contributed by atoms with Crippen molar-refractivity contribution in [2.24, 2.45) is 5.92 Å². The minimum atomic E-state index is -0.501. The van der Waals surface area contributed by atoms with Gasteiger partial charge in [0.05, 0.1) is 0 Å². The van der Waals surface area contributed by atoms with Crippen molar-refractivity contribution >= 4 is 11.8 Å². The predicted molar refractivity (Wildman–Crippen MR) is 62.6 cm³/mol. The predicted octanol–water partition coefficient (Wildman–Crippen LogP) is 3.36. The molecule has 0 spiro atoms. The van der Waals surface area contributed by atoms with Crippen LogP contribution in [-0.4, -0.2) is 12.3 Å². The van der Waals surface area contributed by atoms with E-state index in [-0.39, 0.29) is 6.04 Å². The SMILES string of the molecule is CNC1c2cc(F)cc(F)c2SC(C)C1C. The van der Waals surface area contributed by atoms with Crippen LogP contribution in [0, 0.1) is 17.6 Å². The van der Waals surface area contributed by atoms with Crippen molar-refractivity contribution in [1.29, 1.82) is 0 Å². The Kier molecular flexibility index (Phi) is 3.22. The third kappa shape index (κ3) is 1.84. The summed E-state index contributed by atoms with van der Waals surface area (Å²) in [6.07, 6.45) is 0. The molecular formula is C12H15F2NS. The molecule has 88 valence electrons. The van der Waals surface area contributed by atoms with Crippen LogP contribution in [0.1, 0.15) is 25.5 Å². The first-order valence-electron chi connectivity index (χ1n) is 5.37. The van der Waals surface area contributed by atoms with Gasteiger partial charge in [-0.15, -0.1) is 11.8 Å². The van der Waals surface area contributed by atoms with Crippen molar-refractivity contribution in [3.63, 3.8) is 0 Å². The number of fused-ring (bicyclic) bond motifs is 1. The Hall–Kier alpha value is -0.610. The topological polar surface area (TPSA) is 12.0 Å². The fraction of sp³-hybridized carbons (Fsp3) is 0.500. The summed E-state index contributed by atoms with van der Waals surface area (Å²) in [4.78, 5) is 0.589. The van der Waals surface area contributed by atoms with Gasteiger partial charge in [0, 0.05) is 22.3 Å². The van der Waals surface area contributed by atoms with Gasteiger partial charge in [0.2, 0.25) is 0 Å². The van der Waals surface area contributed by atoms with E-state index in [9.17, 15) is 8.78 Å². The van der Waals surface area contributed by atoms with Gasteiger partial charge in [0.1, 0.15) is 11.6 Å². The van der Waals surface area contributed by atoms with Crippen LogP contribution in [0.5, 0.6) is 0 Å². The number of thioether (sulfide) groups is 1. The third-order valence-electron chi connectivity index (χ3n) is 3.25. The van der Waals surface area contributed by atoms with E-state index >= 15 is 0 Å². The molecule has 0 fully saturated rings. The lowest BCUT2D eigenvalue weighted by atomic mass is 9.91. The first-order valence-corrected chi connectivity index (χ1v) is 6.25.